The number of rotatable bonds is 3. The molecular weight excluding hydrogens is 272 g/mol. The number of aromatic nitrogens is 1. The minimum atomic E-state index is 0.565. The molecule has 0 aliphatic heterocycles. The molecule has 2 heterocycles. The van der Waals surface area contributed by atoms with Gasteiger partial charge in [0, 0.05) is 17.0 Å². The van der Waals surface area contributed by atoms with Gasteiger partial charge in [0.15, 0.2) is 0 Å². The van der Waals surface area contributed by atoms with Gasteiger partial charge in [-0.1, -0.05) is 24.3 Å². The largest absolute Gasteiger partial charge is 0.326 e. The Bertz CT molecular complexity index is 684. The van der Waals surface area contributed by atoms with Gasteiger partial charge in [0.25, 0.3) is 0 Å². The standard InChI is InChI=1S/C15H14N2S2/c1-10-14(13-6-3-7-18-13)17-15(19-10)12-5-2-4-11(8-12)9-16/h2-8H,9,16H2,1H3. The molecule has 0 aliphatic rings. The Labute approximate surface area is 120 Å². The Morgan fingerprint density at radius 1 is 1.21 bits per heavy atom. The summed E-state index contributed by atoms with van der Waals surface area (Å²) in [5.41, 5.74) is 9.09. The number of hydrogen-bond donors (Lipinski definition) is 1. The third kappa shape index (κ3) is 2.47. The van der Waals surface area contributed by atoms with Crippen LogP contribution in [0.4, 0.5) is 0 Å². The second-order valence-electron chi connectivity index (χ2n) is 4.31. The zero-order chi connectivity index (χ0) is 13.2. The molecule has 2 aromatic heterocycles. The molecule has 0 atom stereocenters. The average molecular weight is 286 g/mol. The number of thiazole rings is 1. The van der Waals surface area contributed by atoms with Gasteiger partial charge in [-0.25, -0.2) is 4.98 Å². The Morgan fingerprint density at radius 3 is 2.84 bits per heavy atom. The lowest BCUT2D eigenvalue weighted by atomic mass is 10.1. The van der Waals surface area contributed by atoms with Crippen LogP contribution in [0, 0.1) is 6.92 Å². The summed E-state index contributed by atoms with van der Waals surface area (Å²) in [5.74, 6) is 0. The number of aryl methyl sites for hydroxylation is 1. The zero-order valence-corrected chi connectivity index (χ0v) is 12.2. The number of nitrogens with two attached hydrogens (primary N) is 1. The highest BCUT2D eigenvalue weighted by molar-refractivity contribution is 7.17. The molecule has 2 N–H and O–H groups in total. The molecule has 0 aliphatic carbocycles. The maximum atomic E-state index is 5.69. The topological polar surface area (TPSA) is 38.9 Å². The lowest BCUT2D eigenvalue weighted by Crippen LogP contribution is -1.95. The van der Waals surface area contributed by atoms with Crippen molar-refractivity contribution in [2.45, 2.75) is 13.5 Å². The molecule has 3 aromatic rings. The van der Waals surface area contributed by atoms with Crippen molar-refractivity contribution >= 4 is 22.7 Å². The van der Waals surface area contributed by atoms with Crippen molar-refractivity contribution in [2.24, 2.45) is 5.73 Å². The van der Waals surface area contributed by atoms with E-state index in [4.69, 9.17) is 10.7 Å². The lowest BCUT2D eigenvalue weighted by Gasteiger charge is -1.99. The smallest absolute Gasteiger partial charge is 0.124 e. The number of thiophene rings is 1. The van der Waals surface area contributed by atoms with E-state index in [2.05, 4.69) is 36.6 Å². The number of nitrogens with zero attached hydrogens (tertiary/aromatic N) is 1. The van der Waals surface area contributed by atoms with Crippen molar-refractivity contribution in [1.82, 2.24) is 4.98 Å². The van der Waals surface area contributed by atoms with Crippen molar-refractivity contribution in [3.8, 4) is 21.1 Å². The fourth-order valence-electron chi connectivity index (χ4n) is 1.99. The first-order valence-corrected chi connectivity index (χ1v) is 7.78. The van der Waals surface area contributed by atoms with Crippen LogP contribution in [-0.2, 0) is 6.54 Å². The summed E-state index contributed by atoms with van der Waals surface area (Å²) in [6, 6.07) is 12.5. The molecule has 0 fully saturated rings. The van der Waals surface area contributed by atoms with Gasteiger partial charge in [0.2, 0.25) is 0 Å². The zero-order valence-electron chi connectivity index (χ0n) is 10.6. The van der Waals surface area contributed by atoms with E-state index in [0.29, 0.717) is 6.54 Å². The van der Waals surface area contributed by atoms with Crippen molar-refractivity contribution in [3.63, 3.8) is 0 Å². The van der Waals surface area contributed by atoms with E-state index < -0.39 is 0 Å². The second-order valence-corrected chi connectivity index (χ2v) is 6.46. The summed E-state index contributed by atoms with van der Waals surface area (Å²) in [4.78, 5) is 7.28. The molecule has 0 saturated carbocycles. The Kier molecular flexibility index (Phi) is 3.46. The van der Waals surface area contributed by atoms with Gasteiger partial charge in [-0.15, -0.1) is 22.7 Å². The predicted molar refractivity (Wildman–Crippen MR) is 83.5 cm³/mol. The van der Waals surface area contributed by atoms with E-state index in [-0.39, 0.29) is 0 Å². The summed E-state index contributed by atoms with van der Waals surface area (Å²) < 4.78 is 0. The van der Waals surface area contributed by atoms with Crippen LogP contribution in [0.15, 0.2) is 41.8 Å². The van der Waals surface area contributed by atoms with Gasteiger partial charge in [0.1, 0.15) is 5.01 Å². The van der Waals surface area contributed by atoms with Crippen LogP contribution >= 0.6 is 22.7 Å². The van der Waals surface area contributed by atoms with Crippen molar-refractivity contribution in [2.75, 3.05) is 0 Å². The third-order valence-corrected chi connectivity index (χ3v) is 4.86. The van der Waals surface area contributed by atoms with Gasteiger partial charge >= 0.3 is 0 Å². The Balaban J connectivity index is 2.04. The lowest BCUT2D eigenvalue weighted by molar-refractivity contribution is 1.07. The molecule has 3 rings (SSSR count). The molecule has 0 radical (unpaired) electrons. The predicted octanol–water partition coefficient (Wildman–Crippen LogP) is 4.31. The summed E-state index contributed by atoms with van der Waals surface area (Å²) in [7, 11) is 0. The molecule has 0 unspecified atom stereocenters. The molecule has 96 valence electrons. The van der Waals surface area contributed by atoms with Gasteiger partial charge < -0.3 is 5.73 Å². The van der Waals surface area contributed by atoms with E-state index in [1.165, 1.54) is 9.75 Å². The minimum absolute atomic E-state index is 0.565. The van der Waals surface area contributed by atoms with Crippen molar-refractivity contribution in [1.29, 1.82) is 0 Å². The maximum Gasteiger partial charge on any atom is 0.124 e. The highest BCUT2D eigenvalue weighted by atomic mass is 32.1. The van der Waals surface area contributed by atoms with E-state index in [0.717, 1.165) is 21.8 Å². The highest BCUT2D eigenvalue weighted by Crippen LogP contribution is 2.35. The van der Waals surface area contributed by atoms with E-state index in [1.807, 2.05) is 12.1 Å². The first-order valence-electron chi connectivity index (χ1n) is 6.08. The van der Waals surface area contributed by atoms with E-state index in [1.54, 1.807) is 22.7 Å². The normalized spacial score (nSPS) is 10.8. The van der Waals surface area contributed by atoms with E-state index >= 15 is 0 Å². The fourth-order valence-corrected chi connectivity index (χ4v) is 3.75. The fraction of sp³-hybridized carbons (Fsp3) is 0.133. The first kappa shape index (κ1) is 12.5. The van der Waals surface area contributed by atoms with Crippen molar-refractivity contribution in [3.05, 3.63) is 52.2 Å². The van der Waals surface area contributed by atoms with Crippen LogP contribution in [0.1, 0.15) is 10.4 Å². The van der Waals surface area contributed by atoms with Crippen LogP contribution in [0.25, 0.3) is 21.1 Å². The van der Waals surface area contributed by atoms with Crippen LogP contribution in [-0.4, -0.2) is 4.98 Å². The van der Waals surface area contributed by atoms with Gasteiger partial charge in [-0.2, -0.15) is 0 Å². The van der Waals surface area contributed by atoms with E-state index in [9.17, 15) is 0 Å². The molecule has 0 bridgehead atoms. The van der Waals surface area contributed by atoms with Crippen molar-refractivity contribution < 1.29 is 0 Å². The second kappa shape index (κ2) is 5.25. The highest BCUT2D eigenvalue weighted by Gasteiger charge is 2.12. The van der Waals surface area contributed by atoms with Gasteiger partial charge in [-0.3, -0.25) is 0 Å². The molecular formula is C15H14N2S2. The van der Waals surface area contributed by atoms with Crippen LogP contribution in [0.2, 0.25) is 0 Å². The third-order valence-electron chi connectivity index (χ3n) is 2.96. The molecule has 0 spiro atoms. The first-order chi connectivity index (χ1) is 9.28. The van der Waals surface area contributed by atoms with Gasteiger partial charge in [0.05, 0.1) is 10.6 Å². The number of hydrogen-bond acceptors (Lipinski definition) is 4. The molecule has 0 amide bonds. The van der Waals surface area contributed by atoms with Crippen LogP contribution < -0.4 is 5.73 Å². The number of benzene rings is 1. The Morgan fingerprint density at radius 2 is 2.11 bits per heavy atom. The summed E-state index contributed by atoms with van der Waals surface area (Å²) in [6.45, 7) is 2.69. The summed E-state index contributed by atoms with van der Waals surface area (Å²) >= 11 is 3.47. The minimum Gasteiger partial charge on any atom is -0.326 e. The molecule has 1 aromatic carbocycles. The molecule has 2 nitrogen and oxygen atoms in total. The molecule has 19 heavy (non-hydrogen) atoms. The molecule has 0 saturated heterocycles. The van der Waals surface area contributed by atoms with Crippen LogP contribution in [0.3, 0.4) is 0 Å². The maximum absolute atomic E-state index is 5.69. The van der Waals surface area contributed by atoms with Gasteiger partial charge in [-0.05, 0) is 30.0 Å². The Hall–Kier alpha value is -1.49. The summed E-state index contributed by atoms with van der Waals surface area (Å²) in [5, 5.41) is 3.15. The SMILES string of the molecule is Cc1sc(-c2cccc(CN)c2)nc1-c1cccs1. The quantitative estimate of drug-likeness (QED) is 0.779. The molecule has 4 heteroatoms. The monoisotopic (exact) mass is 286 g/mol. The summed E-state index contributed by atoms with van der Waals surface area (Å²) in [6.07, 6.45) is 0. The van der Waals surface area contributed by atoms with Crippen LogP contribution in [0.5, 0.6) is 0 Å². The average Bonchev–Trinajstić information content (AvgIpc) is 3.07.